The van der Waals surface area contributed by atoms with Crippen molar-refractivity contribution < 1.29 is 9.50 Å². The zero-order chi connectivity index (χ0) is 13.8. The summed E-state index contributed by atoms with van der Waals surface area (Å²) in [5.74, 6) is -0.307. The highest BCUT2D eigenvalue weighted by molar-refractivity contribution is 9.13. The number of hydrogen-bond acceptors (Lipinski definition) is 2. The smallest absolute Gasteiger partial charge is 0.125 e. The van der Waals surface area contributed by atoms with Crippen molar-refractivity contribution in [2.24, 2.45) is 0 Å². The Balaban J connectivity index is 2.22. The lowest BCUT2D eigenvalue weighted by molar-refractivity contribution is 0.276. The minimum atomic E-state index is -0.307. The Bertz CT molecular complexity index is 577. The zero-order valence-corrected chi connectivity index (χ0v) is 13.1. The minimum Gasteiger partial charge on any atom is -0.394 e. The van der Waals surface area contributed by atoms with E-state index in [0.29, 0.717) is 5.69 Å². The number of anilines is 1. The molecule has 1 atom stereocenters. The predicted octanol–water partition coefficient (Wildman–Crippen LogP) is 4.50. The van der Waals surface area contributed by atoms with Crippen LogP contribution in [0.1, 0.15) is 11.6 Å². The summed E-state index contributed by atoms with van der Waals surface area (Å²) in [5.41, 5.74) is 1.56. The van der Waals surface area contributed by atoms with Crippen LogP contribution in [0.4, 0.5) is 10.1 Å². The molecule has 0 spiro atoms. The number of halogens is 3. The van der Waals surface area contributed by atoms with Crippen molar-refractivity contribution in [1.82, 2.24) is 0 Å². The maximum absolute atomic E-state index is 13.1. The van der Waals surface area contributed by atoms with E-state index in [2.05, 4.69) is 37.2 Å². The van der Waals surface area contributed by atoms with Crippen LogP contribution in [-0.4, -0.2) is 11.7 Å². The third-order valence-electron chi connectivity index (χ3n) is 2.69. The first-order valence-electron chi connectivity index (χ1n) is 5.68. The molecule has 0 aliphatic rings. The molecule has 2 aromatic rings. The van der Waals surface area contributed by atoms with Gasteiger partial charge >= 0.3 is 0 Å². The standard InChI is InChI=1S/C14H12Br2FNO/c15-12-5-4-9(6-13(12)16)14(8-19)18-11-3-1-2-10(17)7-11/h1-7,14,18-19H,8H2. The van der Waals surface area contributed by atoms with Crippen molar-refractivity contribution in [1.29, 1.82) is 0 Å². The maximum Gasteiger partial charge on any atom is 0.125 e. The Labute approximate surface area is 127 Å². The first-order valence-corrected chi connectivity index (χ1v) is 7.26. The molecule has 0 amide bonds. The first-order chi connectivity index (χ1) is 9.10. The van der Waals surface area contributed by atoms with Crippen LogP contribution in [0, 0.1) is 5.82 Å². The molecule has 2 aromatic carbocycles. The quantitative estimate of drug-likeness (QED) is 0.808. The molecule has 5 heteroatoms. The Kier molecular flexibility index (Phi) is 4.96. The van der Waals surface area contributed by atoms with Gasteiger partial charge in [0.15, 0.2) is 0 Å². The van der Waals surface area contributed by atoms with E-state index in [0.717, 1.165) is 14.5 Å². The summed E-state index contributed by atoms with van der Waals surface area (Å²) in [4.78, 5) is 0. The second-order valence-electron chi connectivity index (χ2n) is 4.06. The van der Waals surface area contributed by atoms with Gasteiger partial charge in [0.2, 0.25) is 0 Å². The summed E-state index contributed by atoms with van der Waals surface area (Å²) in [5, 5.41) is 12.6. The van der Waals surface area contributed by atoms with E-state index in [1.165, 1.54) is 12.1 Å². The summed E-state index contributed by atoms with van der Waals surface area (Å²) in [7, 11) is 0. The first kappa shape index (κ1) is 14.5. The fourth-order valence-corrected chi connectivity index (χ4v) is 2.39. The number of nitrogens with one attached hydrogen (secondary N) is 1. The van der Waals surface area contributed by atoms with Crippen LogP contribution in [-0.2, 0) is 0 Å². The van der Waals surface area contributed by atoms with Crippen molar-refractivity contribution in [3.63, 3.8) is 0 Å². The molecule has 0 aromatic heterocycles. The van der Waals surface area contributed by atoms with Crippen molar-refractivity contribution in [3.05, 3.63) is 62.8 Å². The van der Waals surface area contributed by atoms with Gasteiger partial charge in [-0.1, -0.05) is 12.1 Å². The van der Waals surface area contributed by atoms with Gasteiger partial charge in [0.05, 0.1) is 12.6 Å². The fraction of sp³-hybridized carbons (Fsp3) is 0.143. The second kappa shape index (κ2) is 6.50. The molecule has 1 unspecified atom stereocenters. The van der Waals surface area contributed by atoms with Gasteiger partial charge in [-0.25, -0.2) is 4.39 Å². The lowest BCUT2D eigenvalue weighted by Gasteiger charge is -2.18. The molecule has 0 saturated carbocycles. The van der Waals surface area contributed by atoms with E-state index in [-0.39, 0.29) is 18.5 Å². The van der Waals surface area contributed by atoms with Gasteiger partial charge in [0.25, 0.3) is 0 Å². The fourth-order valence-electron chi connectivity index (χ4n) is 1.74. The van der Waals surface area contributed by atoms with Crippen LogP contribution in [0.25, 0.3) is 0 Å². The number of aliphatic hydroxyl groups excluding tert-OH is 1. The largest absolute Gasteiger partial charge is 0.394 e. The van der Waals surface area contributed by atoms with Crippen LogP contribution in [0.15, 0.2) is 51.4 Å². The van der Waals surface area contributed by atoms with Gasteiger partial charge in [0.1, 0.15) is 5.82 Å². The molecular weight excluding hydrogens is 377 g/mol. The van der Waals surface area contributed by atoms with Crippen LogP contribution in [0.3, 0.4) is 0 Å². The highest BCUT2D eigenvalue weighted by Gasteiger charge is 2.11. The summed E-state index contributed by atoms with van der Waals surface area (Å²) in [6.07, 6.45) is 0. The van der Waals surface area contributed by atoms with Gasteiger partial charge in [-0.05, 0) is 67.8 Å². The number of rotatable bonds is 4. The molecule has 0 radical (unpaired) electrons. The number of hydrogen-bond donors (Lipinski definition) is 2. The van der Waals surface area contributed by atoms with Gasteiger partial charge in [0, 0.05) is 14.6 Å². The van der Waals surface area contributed by atoms with Crippen molar-refractivity contribution >= 4 is 37.5 Å². The lowest BCUT2D eigenvalue weighted by Crippen LogP contribution is -2.14. The molecule has 100 valence electrons. The van der Waals surface area contributed by atoms with Gasteiger partial charge in [-0.15, -0.1) is 0 Å². The predicted molar refractivity (Wildman–Crippen MR) is 81.7 cm³/mol. The molecule has 2 nitrogen and oxygen atoms in total. The molecule has 0 aliphatic carbocycles. The third-order valence-corrected chi connectivity index (χ3v) is 4.57. The molecule has 0 aliphatic heterocycles. The van der Waals surface area contributed by atoms with Crippen LogP contribution < -0.4 is 5.32 Å². The monoisotopic (exact) mass is 387 g/mol. The second-order valence-corrected chi connectivity index (χ2v) is 5.77. The number of aliphatic hydroxyl groups is 1. The third kappa shape index (κ3) is 3.78. The van der Waals surface area contributed by atoms with Crippen molar-refractivity contribution in [2.45, 2.75) is 6.04 Å². The van der Waals surface area contributed by atoms with E-state index in [4.69, 9.17) is 0 Å². The Hall–Kier alpha value is -0.910. The molecule has 0 saturated heterocycles. The highest BCUT2D eigenvalue weighted by atomic mass is 79.9. The summed E-state index contributed by atoms with van der Waals surface area (Å²) >= 11 is 6.82. The van der Waals surface area contributed by atoms with E-state index in [1.54, 1.807) is 12.1 Å². The Morgan fingerprint density at radius 3 is 2.53 bits per heavy atom. The maximum atomic E-state index is 13.1. The summed E-state index contributed by atoms with van der Waals surface area (Å²) in [6.45, 7) is -0.0788. The van der Waals surface area contributed by atoms with E-state index >= 15 is 0 Å². The highest BCUT2D eigenvalue weighted by Crippen LogP contribution is 2.28. The van der Waals surface area contributed by atoms with Gasteiger partial charge < -0.3 is 10.4 Å². The zero-order valence-electron chi connectivity index (χ0n) is 9.91. The molecule has 0 bridgehead atoms. The Morgan fingerprint density at radius 2 is 1.89 bits per heavy atom. The molecule has 0 fully saturated rings. The normalized spacial score (nSPS) is 12.2. The molecular formula is C14H12Br2FNO. The minimum absolute atomic E-state index is 0.0788. The van der Waals surface area contributed by atoms with Crippen LogP contribution >= 0.6 is 31.9 Å². The van der Waals surface area contributed by atoms with Crippen molar-refractivity contribution in [3.8, 4) is 0 Å². The van der Waals surface area contributed by atoms with E-state index < -0.39 is 0 Å². The molecule has 2 rings (SSSR count). The lowest BCUT2D eigenvalue weighted by atomic mass is 10.1. The Morgan fingerprint density at radius 1 is 1.11 bits per heavy atom. The molecule has 0 heterocycles. The topological polar surface area (TPSA) is 32.3 Å². The van der Waals surface area contributed by atoms with Crippen LogP contribution in [0.2, 0.25) is 0 Å². The van der Waals surface area contributed by atoms with E-state index in [9.17, 15) is 9.50 Å². The SMILES string of the molecule is OCC(Nc1cccc(F)c1)c1ccc(Br)c(Br)c1. The van der Waals surface area contributed by atoms with Gasteiger partial charge in [-0.3, -0.25) is 0 Å². The number of benzene rings is 2. The average molecular weight is 389 g/mol. The van der Waals surface area contributed by atoms with Gasteiger partial charge in [-0.2, -0.15) is 0 Å². The molecule has 2 N–H and O–H groups in total. The van der Waals surface area contributed by atoms with E-state index in [1.807, 2.05) is 18.2 Å². The average Bonchev–Trinajstić information content (AvgIpc) is 2.39. The van der Waals surface area contributed by atoms with Crippen LogP contribution in [0.5, 0.6) is 0 Å². The summed E-state index contributed by atoms with van der Waals surface area (Å²) < 4.78 is 15.0. The molecule has 19 heavy (non-hydrogen) atoms. The summed E-state index contributed by atoms with van der Waals surface area (Å²) in [6, 6.07) is 11.6. The van der Waals surface area contributed by atoms with Crippen molar-refractivity contribution in [2.75, 3.05) is 11.9 Å².